The van der Waals surface area contributed by atoms with Crippen molar-refractivity contribution in [3.8, 4) is 0 Å². The van der Waals surface area contributed by atoms with Crippen molar-refractivity contribution in [2.24, 2.45) is 29.0 Å². The van der Waals surface area contributed by atoms with E-state index in [1.807, 2.05) is 0 Å². The highest BCUT2D eigenvalue weighted by Crippen LogP contribution is 2.27. The van der Waals surface area contributed by atoms with Crippen LogP contribution in [0.15, 0.2) is 25.0 Å². The Hall–Kier alpha value is -10.3. The zero-order valence-electron chi connectivity index (χ0n) is 62.7. The van der Waals surface area contributed by atoms with Crippen LogP contribution in [-0.4, -0.2) is 286 Å². The van der Waals surface area contributed by atoms with Gasteiger partial charge in [-0.15, -0.1) is 0 Å². The van der Waals surface area contributed by atoms with E-state index in [1.54, 1.807) is 13.8 Å². The van der Waals surface area contributed by atoms with E-state index < -0.39 is 271 Å². The van der Waals surface area contributed by atoms with Gasteiger partial charge >= 0.3 is 11.9 Å². The molecule has 23 N–H and O–H groups in total. The highest BCUT2D eigenvalue weighted by Gasteiger charge is 2.44. The molecule has 0 aromatic carbocycles. The highest BCUT2D eigenvalue weighted by molar-refractivity contribution is 8.77. The summed E-state index contributed by atoms with van der Waals surface area (Å²) in [4.78, 5) is 283. The molecule has 4 aliphatic heterocycles. The number of imidazole rings is 2. The Morgan fingerprint density at radius 3 is 1.46 bits per heavy atom. The van der Waals surface area contributed by atoms with Crippen LogP contribution in [-0.2, 0) is 104 Å². The Kier molecular flexibility index (Phi) is 35.9. The number of H-pyrrole nitrogens is 2. The van der Waals surface area contributed by atoms with Crippen molar-refractivity contribution in [3.63, 3.8) is 0 Å². The van der Waals surface area contributed by atoms with Crippen LogP contribution < -0.4 is 86.3 Å². The molecule has 6 heterocycles. The first-order valence-corrected chi connectivity index (χ1v) is 41.2. The van der Waals surface area contributed by atoms with Crippen LogP contribution >= 0.6 is 43.2 Å². The average molecular weight is 1660 g/mol. The molecular formula is C66H98N22O21S4. The van der Waals surface area contributed by atoms with Crippen molar-refractivity contribution in [3.05, 3.63) is 36.4 Å². The number of carbonyl (C=O) groups excluding carboxylic acids is 17. The molecule has 6 rings (SSSR count). The number of amides is 17. The molecule has 2 bridgehead atoms. The Morgan fingerprint density at radius 2 is 0.956 bits per heavy atom. The first-order chi connectivity index (χ1) is 53.5. The van der Waals surface area contributed by atoms with Gasteiger partial charge in [-0.1, -0.05) is 77.3 Å². The molecule has 0 radical (unpaired) electrons. The topological polar surface area (TPSA) is 663 Å². The van der Waals surface area contributed by atoms with Crippen molar-refractivity contribution >= 4 is 156 Å². The monoisotopic (exact) mass is 1660 g/mol. The molecule has 4 saturated heterocycles. The van der Waals surface area contributed by atoms with E-state index in [0.29, 0.717) is 5.69 Å². The molecule has 4 aliphatic rings. The smallest absolute Gasteiger partial charge is 0.305 e. The fourth-order valence-electron chi connectivity index (χ4n) is 12.1. The number of carbonyl (C=O) groups is 19. The molecule has 0 aliphatic carbocycles. The van der Waals surface area contributed by atoms with Crippen LogP contribution in [0.1, 0.15) is 111 Å². The predicted octanol–water partition coefficient (Wildman–Crippen LogP) is -7.61. The van der Waals surface area contributed by atoms with Crippen LogP contribution in [0.4, 0.5) is 0 Å². The second-order valence-corrected chi connectivity index (χ2v) is 32.7. The van der Waals surface area contributed by atoms with E-state index in [2.05, 4.69) is 89.1 Å². The Morgan fingerprint density at radius 1 is 0.513 bits per heavy atom. The predicted molar refractivity (Wildman–Crippen MR) is 406 cm³/mol. The molecule has 16 atom stereocenters. The second kappa shape index (κ2) is 44.2. The molecule has 2 aromatic heterocycles. The van der Waals surface area contributed by atoms with E-state index in [4.69, 9.17) is 17.2 Å². The molecule has 0 saturated carbocycles. The fourth-order valence-corrected chi connectivity index (χ4v) is 16.8. The quantitative estimate of drug-likeness (QED) is 0.0654. The van der Waals surface area contributed by atoms with Crippen molar-refractivity contribution in [1.82, 2.24) is 98.9 Å². The van der Waals surface area contributed by atoms with E-state index in [1.165, 1.54) is 57.6 Å². The minimum Gasteiger partial charge on any atom is -0.481 e. The van der Waals surface area contributed by atoms with E-state index >= 15 is 0 Å². The standard InChI is InChI=1S/C66H98N22O21S4/c1-7-30(4)51-64(107)82-40(52(69)95)23-110-112-25-42-58(101)74-31(5)53(96)80-38(16-33-21-70-27-72-33)65(108)87-14-8-10-44(87)61(104)75-32(6)54(97)83-43(26-113-111-24-41(59(102)84-42)76-47(90)20-67)60(103)78-36(18-46(68)89)57(100)85-50(29(2)3)63(106)79-37(19-49(93)94)56(99)81-39(17-34-22-71-28-73-34)66(109)88-15-9-11-45(88)62(105)77-35(55(98)86-51)12-13-48(91)92/h21-22,27-32,35-45,50-51H,7-20,23-26,67H2,1-6H3,(H2,68,89)(H2,69,95)(H,70,72)(H,71,73)(H,74,101)(H,75,104)(H,76,90)(H,77,105)(H,78,103)(H,79,106)(H,80,96)(H,81,99)(H,82,107)(H,83,97)(H,84,102)(H,85,100)(H,86,98)(H,91,92)(H,93,94)/t30-,31-,32-,35-,36-,37-,38-,39-,40-,41-,42-,43-,44-,45-,50-,51-/m0/s1. The summed E-state index contributed by atoms with van der Waals surface area (Å²) in [6, 6.07) is -24.5. The molecule has 0 spiro atoms. The number of fused-ring (bicyclic) bond motifs is 10. The Labute approximate surface area is 663 Å². The lowest BCUT2D eigenvalue weighted by molar-refractivity contribution is -0.144. The van der Waals surface area contributed by atoms with Gasteiger partial charge in [-0.25, -0.2) is 9.97 Å². The number of primary amides is 2. The maximum atomic E-state index is 14.9. The van der Waals surface area contributed by atoms with Crippen molar-refractivity contribution in [2.75, 3.05) is 42.6 Å². The van der Waals surface area contributed by atoms with Crippen LogP contribution in [0.5, 0.6) is 0 Å². The number of carboxylic acid groups (broad SMARTS) is 2. The molecule has 17 amide bonds. The van der Waals surface area contributed by atoms with Gasteiger partial charge in [0.1, 0.15) is 90.6 Å². The van der Waals surface area contributed by atoms with Crippen LogP contribution in [0.25, 0.3) is 0 Å². The second-order valence-electron chi connectivity index (χ2n) is 27.6. The molecule has 43 nitrogen and oxygen atoms in total. The number of nitrogens with two attached hydrogens (primary N) is 3. The number of hydrogen-bond donors (Lipinski definition) is 20. The van der Waals surface area contributed by atoms with E-state index in [9.17, 15) is 101 Å². The molecule has 113 heavy (non-hydrogen) atoms. The van der Waals surface area contributed by atoms with E-state index in [-0.39, 0.29) is 63.1 Å². The Balaban J connectivity index is 1.46. The van der Waals surface area contributed by atoms with Gasteiger partial charge < -0.3 is 116 Å². The molecular weight excluding hydrogens is 1570 g/mol. The average Bonchev–Trinajstić information content (AvgIpc) is 1.70. The summed E-state index contributed by atoms with van der Waals surface area (Å²) < 4.78 is 0. The summed E-state index contributed by atoms with van der Waals surface area (Å²) in [6.07, 6.45) is 1.72. The summed E-state index contributed by atoms with van der Waals surface area (Å²) in [5.41, 5.74) is 17.7. The van der Waals surface area contributed by atoms with Gasteiger partial charge in [0.25, 0.3) is 0 Å². The van der Waals surface area contributed by atoms with Crippen molar-refractivity contribution in [1.29, 1.82) is 0 Å². The summed E-state index contributed by atoms with van der Waals surface area (Å²) in [5.74, 6) is -24.4. The zero-order chi connectivity index (χ0) is 83.5. The fraction of sp³-hybridized carbons (Fsp3) is 0.621. The maximum Gasteiger partial charge on any atom is 0.305 e. The lowest BCUT2D eigenvalue weighted by Gasteiger charge is -2.31. The maximum absolute atomic E-state index is 14.9. The van der Waals surface area contributed by atoms with Gasteiger partial charge in [-0.2, -0.15) is 0 Å². The first kappa shape index (κ1) is 91.6. The molecule has 4 fully saturated rings. The number of hydrogen-bond acceptors (Lipinski definition) is 26. The number of nitrogens with one attached hydrogen (secondary N) is 15. The number of nitrogens with zero attached hydrogens (tertiary/aromatic N) is 4. The Bertz CT molecular complexity index is 3810. The summed E-state index contributed by atoms with van der Waals surface area (Å²) in [6.45, 7) is 7.69. The number of aromatic amines is 2. The molecule has 0 unspecified atom stereocenters. The van der Waals surface area contributed by atoms with Gasteiger partial charge in [0.05, 0.1) is 32.0 Å². The summed E-state index contributed by atoms with van der Waals surface area (Å²) in [7, 11) is 3.25. The largest absolute Gasteiger partial charge is 0.481 e. The number of carboxylic acids is 2. The van der Waals surface area contributed by atoms with Gasteiger partial charge in [0.15, 0.2) is 0 Å². The zero-order valence-corrected chi connectivity index (χ0v) is 65.9. The molecule has 47 heteroatoms. The normalized spacial score (nSPS) is 28.0. The minimum absolute atomic E-state index is 0.0227. The number of rotatable bonds is 17. The van der Waals surface area contributed by atoms with Crippen molar-refractivity contribution in [2.45, 2.75) is 203 Å². The van der Waals surface area contributed by atoms with Gasteiger partial charge in [-0.3, -0.25) is 91.1 Å². The van der Waals surface area contributed by atoms with Crippen LogP contribution in [0.2, 0.25) is 0 Å². The van der Waals surface area contributed by atoms with Crippen molar-refractivity contribution < 1.29 is 101 Å². The van der Waals surface area contributed by atoms with Crippen LogP contribution in [0, 0.1) is 11.8 Å². The molecule has 622 valence electrons. The highest BCUT2D eigenvalue weighted by atomic mass is 33.1. The summed E-state index contributed by atoms with van der Waals surface area (Å²) in [5, 5.41) is 52.2. The third kappa shape index (κ3) is 27.8. The molecule has 2 aromatic rings. The summed E-state index contributed by atoms with van der Waals surface area (Å²) >= 11 is 0. The third-order valence-electron chi connectivity index (χ3n) is 18.6. The van der Waals surface area contributed by atoms with Gasteiger partial charge in [0, 0.05) is 79.1 Å². The SMILES string of the molecule is CC[C@H](C)[C@@H]1NC(=O)[C@H](CCC(=O)O)NC(=O)[C@@H]2CCCN2C(=O)[C@H](Cc2cnc[nH]2)NC(=O)[C@H](CC(=O)O)NC(=O)[C@H](C(C)C)NC(=O)[C@H](CC(N)=O)NC(=O)[C@@H]2CSSC[C@H](NC(=O)CN)C(=O)N[C@@H](CSSC[C@@H](C(N)=O)NC1=O)C(=O)N[C@@H](C)C(=O)N[C@@H](Cc1cnc[nH]1)C(=O)N1CCC[C@H]1C(=O)N[C@@H](C)C(=O)N2. The number of aromatic nitrogens is 4. The van der Waals surface area contributed by atoms with E-state index in [0.717, 1.165) is 48.1 Å². The lowest BCUT2D eigenvalue weighted by atomic mass is 9.97. The van der Waals surface area contributed by atoms with Gasteiger partial charge in [0.2, 0.25) is 100 Å². The van der Waals surface area contributed by atoms with Gasteiger partial charge in [-0.05, 0) is 57.8 Å². The minimum atomic E-state index is -2.06. The lowest BCUT2D eigenvalue weighted by Crippen LogP contribution is -2.62. The first-order valence-electron chi connectivity index (χ1n) is 36.2. The number of aliphatic carboxylic acids is 2. The van der Waals surface area contributed by atoms with Crippen LogP contribution in [0.3, 0.4) is 0 Å². The third-order valence-corrected chi connectivity index (χ3v) is 23.5.